The second-order valence-corrected chi connectivity index (χ2v) is 13.1. The lowest BCUT2D eigenvalue weighted by Crippen LogP contribution is -2.44. The molecular formula is C26H37NO5S2. The molecule has 3 rings (SSSR count). The first kappa shape index (κ1) is 26.7. The third-order valence-electron chi connectivity index (χ3n) is 6.02. The van der Waals surface area contributed by atoms with E-state index in [1.54, 1.807) is 18.0 Å². The smallest absolute Gasteiger partial charge is 0.410 e. The third-order valence-corrected chi connectivity index (χ3v) is 8.62. The summed E-state index contributed by atoms with van der Waals surface area (Å²) >= 11 is 2.79. The van der Waals surface area contributed by atoms with Crippen LogP contribution in [0.4, 0.5) is 4.79 Å². The number of aliphatic hydroxyl groups is 1. The number of hydrogen-bond acceptors (Lipinski definition) is 7. The molecule has 1 atom stereocenters. The highest BCUT2D eigenvalue weighted by molar-refractivity contribution is 7.13. The number of carbonyl (C=O) groups is 2. The summed E-state index contributed by atoms with van der Waals surface area (Å²) in [7, 11) is 1.75. The maximum atomic E-state index is 13.4. The van der Waals surface area contributed by atoms with E-state index in [1.807, 2.05) is 44.4 Å². The second-order valence-electron chi connectivity index (χ2n) is 11.0. The molecule has 1 aliphatic carbocycles. The minimum absolute atomic E-state index is 0.0348. The molecule has 6 nitrogen and oxygen atoms in total. The summed E-state index contributed by atoms with van der Waals surface area (Å²) in [5, 5.41) is 13.6. The Hall–Kier alpha value is -1.90. The van der Waals surface area contributed by atoms with E-state index < -0.39 is 17.2 Å². The Balaban J connectivity index is 1.69. The maximum Gasteiger partial charge on any atom is 0.410 e. The fourth-order valence-corrected chi connectivity index (χ4v) is 6.06. The van der Waals surface area contributed by atoms with Crippen molar-refractivity contribution >= 4 is 34.7 Å². The van der Waals surface area contributed by atoms with Crippen molar-refractivity contribution in [3.8, 4) is 0 Å². The van der Waals surface area contributed by atoms with Crippen molar-refractivity contribution < 1.29 is 24.2 Å². The number of hydrogen-bond donors (Lipinski definition) is 1. The molecule has 34 heavy (non-hydrogen) atoms. The van der Waals surface area contributed by atoms with Crippen molar-refractivity contribution in [2.45, 2.75) is 96.0 Å². The standard InChI is InChI=1S/C26H37NO5S2/c1-24(2,3)19-14-15-21(34-19)26(30,20-9-8-16-33-20)22(28)31-18-12-10-17(11-13-18)27(7)23(29)32-25(4,5)6/h8-9,14-18,30H,10-13H2,1-7H3. The van der Waals surface area contributed by atoms with E-state index in [-0.39, 0.29) is 23.7 Å². The number of carbonyl (C=O) groups excluding carboxylic acids is 2. The molecule has 2 heterocycles. The number of rotatable bonds is 5. The van der Waals surface area contributed by atoms with Gasteiger partial charge in [0.15, 0.2) is 0 Å². The van der Waals surface area contributed by atoms with Gasteiger partial charge in [-0.25, -0.2) is 9.59 Å². The number of esters is 1. The summed E-state index contributed by atoms with van der Waals surface area (Å²) in [5.41, 5.74) is -2.45. The topological polar surface area (TPSA) is 76.1 Å². The van der Waals surface area contributed by atoms with Crippen molar-refractivity contribution in [1.29, 1.82) is 0 Å². The monoisotopic (exact) mass is 507 g/mol. The highest BCUT2D eigenvalue weighted by Crippen LogP contribution is 2.41. The highest BCUT2D eigenvalue weighted by atomic mass is 32.1. The molecule has 1 aliphatic rings. The fourth-order valence-electron chi connectivity index (χ4n) is 4.01. The molecule has 0 spiro atoms. The van der Waals surface area contributed by atoms with Crippen molar-refractivity contribution in [3.63, 3.8) is 0 Å². The Kier molecular flexibility index (Phi) is 7.85. The zero-order valence-electron chi connectivity index (χ0n) is 21.2. The molecule has 0 aliphatic heterocycles. The number of amides is 1. The molecule has 1 N–H and O–H groups in total. The molecule has 0 aromatic carbocycles. The summed E-state index contributed by atoms with van der Waals surface area (Å²) in [5.74, 6) is -0.638. The molecule has 1 amide bonds. The molecule has 0 bridgehead atoms. The number of thiophene rings is 2. The van der Waals surface area contributed by atoms with E-state index >= 15 is 0 Å². The Morgan fingerprint density at radius 3 is 2.09 bits per heavy atom. The highest BCUT2D eigenvalue weighted by Gasteiger charge is 2.46. The zero-order valence-corrected chi connectivity index (χ0v) is 22.8. The van der Waals surface area contributed by atoms with Gasteiger partial charge in [-0.3, -0.25) is 0 Å². The van der Waals surface area contributed by atoms with Crippen molar-refractivity contribution in [1.82, 2.24) is 4.90 Å². The quantitative estimate of drug-likeness (QED) is 0.498. The average Bonchev–Trinajstić information content (AvgIpc) is 3.44. The average molecular weight is 508 g/mol. The Morgan fingerprint density at radius 2 is 1.59 bits per heavy atom. The van der Waals surface area contributed by atoms with Gasteiger partial charge < -0.3 is 19.5 Å². The predicted molar refractivity (Wildman–Crippen MR) is 136 cm³/mol. The van der Waals surface area contributed by atoms with Gasteiger partial charge in [0, 0.05) is 18.0 Å². The Labute approximate surface area is 210 Å². The van der Waals surface area contributed by atoms with Crippen LogP contribution in [0.5, 0.6) is 0 Å². The molecule has 1 unspecified atom stereocenters. The van der Waals surface area contributed by atoms with Gasteiger partial charge >= 0.3 is 12.1 Å². The maximum absolute atomic E-state index is 13.4. The van der Waals surface area contributed by atoms with Crippen LogP contribution in [0.25, 0.3) is 0 Å². The van der Waals surface area contributed by atoms with Crippen LogP contribution < -0.4 is 0 Å². The van der Waals surface area contributed by atoms with Gasteiger partial charge in [-0.2, -0.15) is 0 Å². The third kappa shape index (κ3) is 6.01. The van der Waals surface area contributed by atoms with Crippen molar-refractivity contribution in [2.75, 3.05) is 7.05 Å². The molecule has 188 valence electrons. The van der Waals surface area contributed by atoms with Gasteiger partial charge in [-0.1, -0.05) is 26.8 Å². The van der Waals surface area contributed by atoms with Crippen molar-refractivity contribution in [2.24, 2.45) is 0 Å². The first-order valence-corrected chi connectivity index (χ1v) is 13.5. The summed E-state index contributed by atoms with van der Waals surface area (Å²) < 4.78 is 11.4. The van der Waals surface area contributed by atoms with Gasteiger partial charge in [0.05, 0.1) is 9.75 Å². The minimum Gasteiger partial charge on any atom is -0.460 e. The zero-order chi connectivity index (χ0) is 25.3. The first-order valence-electron chi connectivity index (χ1n) is 11.8. The van der Waals surface area contributed by atoms with Gasteiger partial charge in [-0.15, -0.1) is 22.7 Å². The minimum atomic E-state index is -1.83. The van der Waals surface area contributed by atoms with Crippen LogP contribution in [0.15, 0.2) is 29.6 Å². The van der Waals surface area contributed by atoms with Crippen LogP contribution >= 0.6 is 22.7 Å². The van der Waals surface area contributed by atoms with E-state index in [0.717, 1.165) is 4.88 Å². The molecule has 1 fully saturated rings. The normalized spacial score (nSPS) is 20.9. The summed E-state index contributed by atoms with van der Waals surface area (Å²) in [6.07, 6.45) is 2.02. The van der Waals surface area contributed by atoms with E-state index in [0.29, 0.717) is 35.4 Å². The van der Waals surface area contributed by atoms with Crippen LogP contribution in [0.3, 0.4) is 0 Å². The fraction of sp³-hybridized carbons (Fsp3) is 0.615. The molecular weight excluding hydrogens is 470 g/mol. The second kappa shape index (κ2) is 9.99. The first-order chi connectivity index (χ1) is 15.7. The van der Waals surface area contributed by atoms with E-state index in [4.69, 9.17) is 9.47 Å². The van der Waals surface area contributed by atoms with Gasteiger partial charge in [0.1, 0.15) is 11.7 Å². The molecule has 0 saturated heterocycles. The van der Waals surface area contributed by atoms with Crippen molar-refractivity contribution in [3.05, 3.63) is 44.3 Å². The van der Waals surface area contributed by atoms with E-state index in [1.165, 1.54) is 22.7 Å². The van der Waals surface area contributed by atoms with Gasteiger partial charge in [0.25, 0.3) is 0 Å². The molecule has 8 heteroatoms. The van der Waals surface area contributed by atoms with Crippen LogP contribution in [0.2, 0.25) is 0 Å². The van der Waals surface area contributed by atoms with E-state index in [9.17, 15) is 14.7 Å². The summed E-state index contributed by atoms with van der Waals surface area (Å²) in [4.78, 5) is 29.7. The lowest BCUT2D eigenvalue weighted by atomic mass is 9.91. The van der Waals surface area contributed by atoms with Gasteiger partial charge in [0.2, 0.25) is 5.60 Å². The Morgan fingerprint density at radius 1 is 0.971 bits per heavy atom. The summed E-state index contributed by atoms with van der Waals surface area (Å²) in [6.45, 7) is 11.9. The number of nitrogens with zero attached hydrogens (tertiary/aromatic N) is 1. The molecule has 2 aromatic heterocycles. The Bertz CT molecular complexity index is 978. The lowest BCUT2D eigenvalue weighted by molar-refractivity contribution is -0.169. The summed E-state index contributed by atoms with van der Waals surface area (Å²) in [6, 6.07) is 7.44. The molecule has 2 aromatic rings. The van der Waals surface area contributed by atoms with Crippen LogP contribution in [0, 0.1) is 0 Å². The van der Waals surface area contributed by atoms with Crippen LogP contribution in [-0.2, 0) is 25.3 Å². The van der Waals surface area contributed by atoms with Crippen LogP contribution in [0.1, 0.15) is 81.9 Å². The lowest BCUT2D eigenvalue weighted by Gasteiger charge is -2.36. The van der Waals surface area contributed by atoms with E-state index in [2.05, 4.69) is 20.8 Å². The van der Waals surface area contributed by atoms with Crippen LogP contribution in [-0.4, -0.2) is 46.9 Å². The predicted octanol–water partition coefficient (Wildman–Crippen LogP) is 6.06. The SMILES string of the molecule is CN(C(=O)OC(C)(C)C)C1CCC(OC(=O)C(O)(c2cccs2)c2ccc(C(C)(C)C)s2)CC1. The molecule has 1 saturated carbocycles. The van der Waals surface area contributed by atoms with Gasteiger partial charge in [-0.05, 0) is 75.4 Å². The largest absolute Gasteiger partial charge is 0.460 e. The molecule has 0 radical (unpaired) electrons. The number of ether oxygens (including phenoxy) is 2.